The number of ether oxygens (including phenoxy) is 2. The molecule has 1 heterocycles. The third kappa shape index (κ3) is 4.86. The first-order valence-corrected chi connectivity index (χ1v) is 8.32. The highest BCUT2D eigenvalue weighted by Gasteiger charge is 2.08. The molecule has 0 aliphatic rings. The lowest BCUT2D eigenvalue weighted by Gasteiger charge is -2.10. The maximum atomic E-state index is 10.6. The molecule has 1 aromatic heterocycles. The molecule has 0 saturated carbocycles. The van der Waals surface area contributed by atoms with Crippen LogP contribution in [-0.4, -0.2) is 33.2 Å². The van der Waals surface area contributed by atoms with E-state index in [9.17, 15) is 4.79 Å². The molecule has 8 heteroatoms. The molecule has 3 rings (SSSR count). The number of carbonyl (C=O) groups is 1. The number of nitrogens with zero attached hydrogens (tertiary/aromatic N) is 3. The van der Waals surface area contributed by atoms with Crippen LogP contribution in [0.15, 0.2) is 54.7 Å². The van der Waals surface area contributed by atoms with Gasteiger partial charge in [-0.2, -0.15) is 0 Å². The molecule has 7 nitrogen and oxygen atoms in total. The van der Waals surface area contributed by atoms with Gasteiger partial charge in [0.2, 0.25) is 0 Å². The normalized spacial score (nSPS) is 10.9. The van der Waals surface area contributed by atoms with Gasteiger partial charge in [-0.1, -0.05) is 28.9 Å². The average molecular weight is 386 g/mol. The molecule has 0 amide bonds. The second-order valence-electron chi connectivity index (χ2n) is 5.50. The van der Waals surface area contributed by atoms with Crippen molar-refractivity contribution in [3.63, 3.8) is 0 Å². The highest BCUT2D eigenvalue weighted by atomic mass is 35.5. The quantitative estimate of drug-likeness (QED) is 0.625. The number of carboxylic acid groups (broad SMARTS) is 1. The molecule has 138 valence electrons. The lowest BCUT2D eigenvalue weighted by Crippen LogP contribution is -1.98. The van der Waals surface area contributed by atoms with Gasteiger partial charge in [0.25, 0.3) is 0 Å². The van der Waals surface area contributed by atoms with Gasteiger partial charge < -0.3 is 14.6 Å². The van der Waals surface area contributed by atoms with Gasteiger partial charge in [-0.3, -0.25) is 0 Å². The van der Waals surface area contributed by atoms with Crippen molar-refractivity contribution in [1.82, 2.24) is 15.0 Å². The summed E-state index contributed by atoms with van der Waals surface area (Å²) in [6.07, 6.45) is 4.29. The Hall–Kier alpha value is -3.32. The fourth-order valence-corrected chi connectivity index (χ4v) is 2.52. The van der Waals surface area contributed by atoms with Crippen LogP contribution >= 0.6 is 11.6 Å². The van der Waals surface area contributed by atoms with Crippen molar-refractivity contribution in [3.05, 3.63) is 71.0 Å². The van der Waals surface area contributed by atoms with Crippen LogP contribution in [0.2, 0.25) is 5.02 Å². The van der Waals surface area contributed by atoms with Gasteiger partial charge in [0.1, 0.15) is 12.3 Å². The van der Waals surface area contributed by atoms with Crippen molar-refractivity contribution in [2.75, 3.05) is 7.11 Å². The summed E-state index contributed by atoms with van der Waals surface area (Å²) in [4.78, 5) is 10.6. The van der Waals surface area contributed by atoms with Crippen LogP contribution in [0.1, 0.15) is 11.3 Å². The first-order valence-electron chi connectivity index (χ1n) is 7.94. The van der Waals surface area contributed by atoms with Crippen molar-refractivity contribution in [3.8, 4) is 17.2 Å². The summed E-state index contributed by atoms with van der Waals surface area (Å²) in [7, 11) is 1.52. The molecule has 0 bridgehead atoms. The first-order chi connectivity index (χ1) is 13.0. The monoisotopic (exact) mass is 385 g/mol. The van der Waals surface area contributed by atoms with Crippen LogP contribution in [0.3, 0.4) is 0 Å². The Labute approximate surface area is 160 Å². The van der Waals surface area contributed by atoms with Crippen molar-refractivity contribution >= 4 is 23.6 Å². The largest absolute Gasteiger partial charge is 0.493 e. The Bertz CT molecular complexity index is 985. The molecule has 1 N–H and O–H groups in total. The smallest absolute Gasteiger partial charge is 0.328 e. The van der Waals surface area contributed by atoms with Crippen LogP contribution in [0, 0.1) is 0 Å². The first kappa shape index (κ1) is 18.5. The number of benzene rings is 2. The molecule has 0 unspecified atom stereocenters. The standard InChI is InChI=1S/C19H16ClN3O4/c1-26-18-9-13(6-8-19(24)25)5-7-17(18)27-12-15-11-23(22-21-15)16-4-2-3-14(20)10-16/h2-11H,12H2,1H3,(H,24,25)/b8-6+. The van der Waals surface area contributed by atoms with E-state index >= 15 is 0 Å². The molecule has 0 radical (unpaired) electrons. The summed E-state index contributed by atoms with van der Waals surface area (Å²) < 4.78 is 12.7. The van der Waals surface area contributed by atoms with Gasteiger partial charge in [0.15, 0.2) is 11.5 Å². The molecule has 3 aromatic rings. The predicted octanol–water partition coefficient (Wildman–Crippen LogP) is 3.61. The van der Waals surface area contributed by atoms with Gasteiger partial charge in [0.05, 0.1) is 19.0 Å². The zero-order valence-electron chi connectivity index (χ0n) is 14.4. The van der Waals surface area contributed by atoms with E-state index in [1.54, 1.807) is 41.2 Å². The molecule has 2 aromatic carbocycles. The fourth-order valence-electron chi connectivity index (χ4n) is 2.34. The summed E-state index contributed by atoms with van der Waals surface area (Å²) in [5, 5.41) is 17.5. The van der Waals surface area contributed by atoms with Crippen molar-refractivity contribution in [2.24, 2.45) is 0 Å². The Balaban J connectivity index is 1.70. The lowest BCUT2D eigenvalue weighted by molar-refractivity contribution is -0.131. The summed E-state index contributed by atoms with van der Waals surface area (Å²) in [5.74, 6) is -0.0101. The van der Waals surface area contributed by atoms with Crippen molar-refractivity contribution < 1.29 is 19.4 Å². The molecule has 0 aliphatic heterocycles. The maximum Gasteiger partial charge on any atom is 0.328 e. The van der Waals surface area contributed by atoms with E-state index in [1.807, 2.05) is 12.1 Å². The van der Waals surface area contributed by atoms with E-state index in [0.29, 0.717) is 27.8 Å². The number of rotatable bonds is 7. The van der Waals surface area contributed by atoms with E-state index in [4.69, 9.17) is 26.2 Å². The van der Waals surface area contributed by atoms with Crippen LogP contribution in [0.25, 0.3) is 11.8 Å². The van der Waals surface area contributed by atoms with Gasteiger partial charge >= 0.3 is 5.97 Å². The van der Waals surface area contributed by atoms with Crippen LogP contribution in [0.5, 0.6) is 11.5 Å². The summed E-state index contributed by atoms with van der Waals surface area (Å²) in [6, 6.07) is 12.4. The average Bonchev–Trinajstić information content (AvgIpc) is 3.14. The zero-order chi connectivity index (χ0) is 19.2. The lowest BCUT2D eigenvalue weighted by atomic mass is 10.2. The highest BCUT2D eigenvalue weighted by molar-refractivity contribution is 6.30. The number of carboxylic acids is 1. The fraction of sp³-hybridized carbons (Fsp3) is 0.105. The van der Waals surface area contributed by atoms with Crippen molar-refractivity contribution in [1.29, 1.82) is 0 Å². The number of methoxy groups -OCH3 is 1. The molecule has 27 heavy (non-hydrogen) atoms. The molecular formula is C19H16ClN3O4. The van der Waals surface area contributed by atoms with Crippen LogP contribution in [-0.2, 0) is 11.4 Å². The van der Waals surface area contributed by atoms with Crippen LogP contribution < -0.4 is 9.47 Å². The SMILES string of the molecule is COc1cc(/C=C/C(=O)O)ccc1OCc1cn(-c2cccc(Cl)c2)nn1. The van der Waals surface area contributed by atoms with E-state index in [2.05, 4.69) is 10.3 Å². The Morgan fingerprint density at radius 2 is 2.11 bits per heavy atom. The second kappa shape index (κ2) is 8.37. The van der Waals surface area contributed by atoms with Crippen LogP contribution in [0.4, 0.5) is 0 Å². The number of halogens is 1. The zero-order valence-corrected chi connectivity index (χ0v) is 15.1. The summed E-state index contributed by atoms with van der Waals surface area (Å²) in [6.45, 7) is 0.196. The highest BCUT2D eigenvalue weighted by Crippen LogP contribution is 2.29. The van der Waals surface area contributed by atoms with Gasteiger partial charge in [-0.25, -0.2) is 9.48 Å². The minimum atomic E-state index is -1.02. The number of hydrogen-bond donors (Lipinski definition) is 1. The van der Waals surface area contributed by atoms with Gasteiger partial charge in [-0.15, -0.1) is 5.10 Å². The summed E-state index contributed by atoms with van der Waals surface area (Å²) >= 11 is 5.99. The maximum absolute atomic E-state index is 10.6. The summed E-state index contributed by atoms with van der Waals surface area (Å²) in [5.41, 5.74) is 2.12. The van der Waals surface area contributed by atoms with Gasteiger partial charge in [-0.05, 0) is 42.0 Å². The van der Waals surface area contributed by atoms with E-state index < -0.39 is 5.97 Å². The Morgan fingerprint density at radius 1 is 1.26 bits per heavy atom. The second-order valence-corrected chi connectivity index (χ2v) is 5.94. The Kier molecular flexibility index (Phi) is 5.73. The molecule has 0 aliphatic carbocycles. The van der Waals surface area contributed by atoms with E-state index in [0.717, 1.165) is 11.8 Å². The Morgan fingerprint density at radius 3 is 2.85 bits per heavy atom. The molecule has 0 fully saturated rings. The number of aromatic nitrogens is 3. The third-order valence-electron chi connectivity index (χ3n) is 3.60. The number of hydrogen-bond acceptors (Lipinski definition) is 5. The molecule has 0 saturated heterocycles. The van der Waals surface area contributed by atoms with Crippen molar-refractivity contribution in [2.45, 2.75) is 6.61 Å². The third-order valence-corrected chi connectivity index (χ3v) is 3.83. The predicted molar refractivity (Wildman–Crippen MR) is 100 cm³/mol. The van der Waals surface area contributed by atoms with E-state index in [-0.39, 0.29) is 6.61 Å². The molecule has 0 atom stereocenters. The molecule has 0 spiro atoms. The topological polar surface area (TPSA) is 86.5 Å². The van der Waals surface area contributed by atoms with E-state index in [1.165, 1.54) is 13.2 Å². The van der Waals surface area contributed by atoms with Gasteiger partial charge in [0, 0.05) is 11.1 Å². The minimum absolute atomic E-state index is 0.196. The minimum Gasteiger partial charge on any atom is -0.493 e. The number of aliphatic carboxylic acids is 1. The molecular weight excluding hydrogens is 370 g/mol.